The number of guanidine groups is 1. The second-order valence-electron chi connectivity index (χ2n) is 6.26. The molecule has 1 aliphatic heterocycles. The summed E-state index contributed by atoms with van der Waals surface area (Å²) in [6.45, 7) is 5.91. The number of carbonyl (C=O) groups is 1. The summed E-state index contributed by atoms with van der Waals surface area (Å²) in [5.41, 5.74) is 0. The zero-order chi connectivity index (χ0) is 19.0. The molecule has 2 heterocycles. The number of nitrogens with zero attached hydrogens (tertiary/aromatic N) is 1. The molecule has 0 aromatic carbocycles. The van der Waals surface area contributed by atoms with Gasteiger partial charge in [-0.25, -0.2) is 13.4 Å². The normalized spacial score (nSPS) is 18.6. The SMILES string of the molecule is CCNC(=NCc1ccc(CC)s1)NCCC(=O)NC1CCS(=O)(=O)C1.I. The molecule has 1 aromatic rings. The second-order valence-corrected chi connectivity index (χ2v) is 9.74. The number of aliphatic imine (C=N–C) groups is 1. The van der Waals surface area contributed by atoms with Gasteiger partial charge in [-0.15, -0.1) is 35.3 Å². The number of nitrogens with one attached hydrogen (secondary N) is 3. The summed E-state index contributed by atoms with van der Waals surface area (Å²) < 4.78 is 22.8. The average molecular weight is 528 g/mol. The average Bonchev–Trinajstić information content (AvgIpc) is 3.18. The number of rotatable bonds is 8. The number of hydrogen-bond donors (Lipinski definition) is 3. The molecule has 0 radical (unpaired) electrons. The van der Waals surface area contributed by atoms with Crippen LogP contribution in [0.25, 0.3) is 0 Å². The fourth-order valence-corrected chi connectivity index (χ4v) is 5.25. The smallest absolute Gasteiger partial charge is 0.222 e. The molecule has 7 nitrogen and oxygen atoms in total. The summed E-state index contributed by atoms with van der Waals surface area (Å²) in [6.07, 6.45) is 1.82. The number of thiophene rings is 1. The molecule has 1 saturated heterocycles. The van der Waals surface area contributed by atoms with E-state index in [0.717, 1.165) is 13.0 Å². The highest BCUT2D eigenvalue weighted by atomic mass is 127. The van der Waals surface area contributed by atoms with Crippen LogP contribution < -0.4 is 16.0 Å². The standard InChI is InChI=1S/C17H28N4O3S2.HI/c1-3-14-5-6-15(25-14)11-20-17(18-4-2)19-9-7-16(22)21-13-8-10-26(23,24)12-13;/h5-6,13H,3-4,7-12H2,1-2H3,(H,21,22)(H2,18,19,20);1H. The molecule has 1 aliphatic rings. The molecule has 1 unspecified atom stereocenters. The highest BCUT2D eigenvalue weighted by Gasteiger charge is 2.28. The van der Waals surface area contributed by atoms with Crippen molar-refractivity contribution in [3.63, 3.8) is 0 Å². The summed E-state index contributed by atoms with van der Waals surface area (Å²) in [7, 11) is -2.97. The van der Waals surface area contributed by atoms with Crippen LogP contribution in [0.1, 0.15) is 36.4 Å². The summed E-state index contributed by atoms with van der Waals surface area (Å²) in [4.78, 5) is 19.1. The molecule has 0 saturated carbocycles. The van der Waals surface area contributed by atoms with Crippen molar-refractivity contribution in [3.8, 4) is 0 Å². The molecule has 1 aromatic heterocycles. The molecule has 3 N–H and O–H groups in total. The summed E-state index contributed by atoms with van der Waals surface area (Å²) in [5, 5.41) is 9.10. The van der Waals surface area contributed by atoms with Gasteiger partial charge < -0.3 is 16.0 Å². The van der Waals surface area contributed by atoms with Crippen molar-refractivity contribution in [3.05, 3.63) is 21.9 Å². The first-order valence-electron chi connectivity index (χ1n) is 9.01. The zero-order valence-corrected chi connectivity index (χ0v) is 19.7. The Morgan fingerprint density at radius 2 is 2.00 bits per heavy atom. The first kappa shape index (κ1) is 24.2. The van der Waals surface area contributed by atoms with E-state index in [1.807, 2.05) is 6.92 Å². The van der Waals surface area contributed by atoms with Gasteiger partial charge in [0.1, 0.15) is 0 Å². The summed E-state index contributed by atoms with van der Waals surface area (Å²) >= 11 is 1.76. The highest BCUT2D eigenvalue weighted by molar-refractivity contribution is 14.0. The Balaban J connectivity index is 0.00000364. The molecule has 2 rings (SSSR count). The number of amides is 1. The van der Waals surface area contributed by atoms with Gasteiger partial charge in [0.05, 0.1) is 18.1 Å². The minimum Gasteiger partial charge on any atom is -0.357 e. The minimum absolute atomic E-state index is 0. The number of carbonyl (C=O) groups excluding carboxylic acids is 1. The van der Waals surface area contributed by atoms with Crippen LogP contribution in [0.15, 0.2) is 17.1 Å². The van der Waals surface area contributed by atoms with E-state index in [4.69, 9.17) is 0 Å². The maximum atomic E-state index is 12.0. The lowest BCUT2D eigenvalue weighted by Crippen LogP contribution is -2.41. The van der Waals surface area contributed by atoms with Crippen LogP contribution in [-0.4, -0.2) is 50.9 Å². The largest absolute Gasteiger partial charge is 0.357 e. The van der Waals surface area contributed by atoms with Crippen molar-refractivity contribution >= 4 is 57.0 Å². The van der Waals surface area contributed by atoms with Crippen LogP contribution in [0.4, 0.5) is 0 Å². The van der Waals surface area contributed by atoms with E-state index in [-0.39, 0.29) is 53.9 Å². The maximum Gasteiger partial charge on any atom is 0.222 e. The maximum absolute atomic E-state index is 12.0. The van der Waals surface area contributed by atoms with E-state index in [9.17, 15) is 13.2 Å². The molecule has 0 spiro atoms. The van der Waals surface area contributed by atoms with Gasteiger partial charge >= 0.3 is 0 Å². The lowest BCUT2D eigenvalue weighted by atomic mass is 10.2. The van der Waals surface area contributed by atoms with Crippen molar-refractivity contribution in [2.45, 2.75) is 45.7 Å². The Morgan fingerprint density at radius 1 is 1.26 bits per heavy atom. The lowest BCUT2D eigenvalue weighted by Gasteiger charge is -2.13. The molecule has 154 valence electrons. The number of halogens is 1. The number of hydrogen-bond acceptors (Lipinski definition) is 5. The van der Waals surface area contributed by atoms with Gasteiger partial charge in [-0.1, -0.05) is 6.92 Å². The predicted octanol–water partition coefficient (Wildman–Crippen LogP) is 1.68. The molecule has 1 fully saturated rings. The van der Waals surface area contributed by atoms with E-state index < -0.39 is 9.84 Å². The van der Waals surface area contributed by atoms with Crippen LogP contribution in [-0.2, 0) is 27.6 Å². The van der Waals surface area contributed by atoms with Crippen molar-refractivity contribution < 1.29 is 13.2 Å². The number of aryl methyl sites for hydroxylation is 1. The third-order valence-corrected chi connectivity index (χ3v) is 7.03. The first-order chi connectivity index (χ1) is 12.4. The van der Waals surface area contributed by atoms with Crippen LogP contribution in [0.5, 0.6) is 0 Å². The lowest BCUT2D eigenvalue weighted by molar-refractivity contribution is -0.121. The van der Waals surface area contributed by atoms with Crippen molar-refractivity contribution in [1.29, 1.82) is 0 Å². The Kier molecular flexibility index (Phi) is 10.6. The molecular weight excluding hydrogens is 499 g/mol. The van der Waals surface area contributed by atoms with E-state index in [1.165, 1.54) is 9.75 Å². The predicted molar refractivity (Wildman–Crippen MR) is 122 cm³/mol. The highest BCUT2D eigenvalue weighted by Crippen LogP contribution is 2.17. The minimum atomic E-state index is -2.97. The fraction of sp³-hybridized carbons (Fsp3) is 0.647. The van der Waals surface area contributed by atoms with Crippen LogP contribution in [0.3, 0.4) is 0 Å². The van der Waals surface area contributed by atoms with Gasteiger partial charge in [-0.2, -0.15) is 0 Å². The van der Waals surface area contributed by atoms with Gasteiger partial charge in [0.2, 0.25) is 5.91 Å². The molecular formula is C17H29IN4O3S2. The van der Waals surface area contributed by atoms with E-state index >= 15 is 0 Å². The molecule has 0 aliphatic carbocycles. The third-order valence-electron chi connectivity index (χ3n) is 4.05. The van der Waals surface area contributed by atoms with Gasteiger partial charge in [0.25, 0.3) is 0 Å². The fourth-order valence-electron chi connectivity index (χ4n) is 2.70. The monoisotopic (exact) mass is 528 g/mol. The van der Waals surface area contributed by atoms with E-state index in [0.29, 0.717) is 25.5 Å². The Hall–Kier alpha value is -0.880. The first-order valence-corrected chi connectivity index (χ1v) is 11.6. The topological polar surface area (TPSA) is 99.7 Å². The van der Waals surface area contributed by atoms with Gasteiger partial charge in [-0.3, -0.25) is 4.79 Å². The molecule has 27 heavy (non-hydrogen) atoms. The zero-order valence-electron chi connectivity index (χ0n) is 15.8. The quantitative estimate of drug-likeness (QED) is 0.271. The number of sulfone groups is 1. The Bertz CT molecular complexity index is 734. The van der Waals surface area contributed by atoms with Gasteiger partial charge in [0.15, 0.2) is 15.8 Å². The van der Waals surface area contributed by atoms with E-state index in [1.54, 1.807) is 11.3 Å². The molecule has 0 bridgehead atoms. The summed E-state index contributed by atoms with van der Waals surface area (Å²) in [6, 6.07) is 3.98. The molecule has 1 atom stereocenters. The Labute approximate surface area is 182 Å². The van der Waals surface area contributed by atoms with Crippen LogP contribution in [0.2, 0.25) is 0 Å². The van der Waals surface area contributed by atoms with Crippen molar-refractivity contribution in [2.24, 2.45) is 4.99 Å². The van der Waals surface area contributed by atoms with Crippen molar-refractivity contribution in [2.75, 3.05) is 24.6 Å². The van der Waals surface area contributed by atoms with Crippen molar-refractivity contribution in [1.82, 2.24) is 16.0 Å². The van der Waals surface area contributed by atoms with Gasteiger partial charge in [0, 0.05) is 35.3 Å². The molecule has 10 heteroatoms. The molecule has 1 amide bonds. The van der Waals surface area contributed by atoms with Crippen LogP contribution >= 0.6 is 35.3 Å². The Morgan fingerprint density at radius 3 is 2.59 bits per heavy atom. The third kappa shape index (κ3) is 8.77. The van der Waals surface area contributed by atoms with Gasteiger partial charge in [-0.05, 0) is 31.9 Å². The van der Waals surface area contributed by atoms with E-state index in [2.05, 4.69) is 40.0 Å². The summed E-state index contributed by atoms with van der Waals surface area (Å²) in [5.74, 6) is 0.753. The van der Waals surface area contributed by atoms with Crippen LogP contribution in [0, 0.1) is 0 Å². The second kappa shape index (κ2) is 11.8.